The van der Waals surface area contributed by atoms with Gasteiger partial charge >= 0.3 is 15.2 Å². The molecule has 2 heterocycles. The third-order valence-corrected chi connectivity index (χ3v) is 8.08. The SMILES string of the molecule is CCOP(=O)(CCN(CCOCP(=O)(O)O)CCn1c(C(C)C)nc2c(=O)[nH]c(C(C)C)nc21)OCC. The molecule has 15 heteroatoms. The average molecular weight is 566 g/mol. The van der Waals surface area contributed by atoms with Crippen LogP contribution in [0.2, 0.25) is 0 Å². The molecular weight excluding hydrogens is 524 g/mol. The second-order valence-electron chi connectivity index (χ2n) is 9.27. The van der Waals surface area contributed by atoms with Gasteiger partial charge in [0.05, 0.1) is 26.0 Å². The van der Waals surface area contributed by atoms with Gasteiger partial charge in [0, 0.05) is 38.0 Å². The van der Waals surface area contributed by atoms with E-state index >= 15 is 0 Å². The summed E-state index contributed by atoms with van der Waals surface area (Å²) in [6.45, 7) is 13.5. The van der Waals surface area contributed by atoms with Gasteiger partial charge in [0.25, 0.3) is 5.56 Å². The summed E-state index contributed by atoms with van der Waals surface area (Å²) in [5.74, 6) is 1.36. The summed E-state index contributed by atoms with van der Waals surface area (Å²) in [7, 11) is -7.58. The molecule has 3 N–H and O–H groups in total. The highest BCUT2D eigenvalue weighted by Gasteiger charge is 2.25. The second-order valence-corrected chi connectivity index (χ2v) is 13.0. The van der Waals surface area contributed by atoms with Crippen LogP contribution in [0.25, 0.3) is 11.2 Å². The fraction of sp³-hybridized carbons (Fsp3) is 0.773. The summed E-state index contributed by atoms with van der Waals surface area (Å²) in [6.07, 6.45) is -0.532. The molecule has 0 aliphatic rings. The molecule has 2 aromatic heterocycles. The number of aromatic amines is 1. The summed E-state index contributed by atoms with van der Waals surface area (Å²) in [4.78, 5) is 44.8. The molecule has 2 rings (SSSR count). The molecule has 0 amide bonds. The molecule has 0 bridgehead atoms. The van der Waals surface area contributed by atoms with Crippen LogP contribution in [0.3, 0.4) is 0 Å². The fourth-order valence-corrected chi connectivity index (χ4v) is 5.77. The van der Waals surface area contributed by atoms with E-state index in [0.29, 0.717) is 37.7 Å². The van der Waals surface area contributed by atoms with E-state index in [1.807, 2.05) is 37.2 Å². The number of hydrogen-bond acceptors (Lipinski definition) is 9. The smallest absolute Gasteiger partial charge is 0.350 e. The van der Waals surface area contributed by atoms with Crippen molar-refractivity contribution in [3.63, 3.8) is 0 Å². The van der Waals surface area contributed by atoms with E-state index in [-0.39, 0.29) is 48.9 Å². The molecule has 0 spiro atoms. The zero-order valence-electron chi connectivity index (χ0n) is 22.5. The number of ether oxygens (including phenoxy) is 1. The van der Waals surface area contributed by atoms with Gasteiger partial charge in [-0.3, -0.25) is 18.8 Å². The maximum Gasteiger partial charge on any atom is 0.350 e. The molecule has 0 aliphatic heterocycles. The molecule has 13 nitrogen and oxygen atoms in total. The quantitative estimate of drug-likeness (QED) is 0.190. The molecule has 212 valence electrons. The van der Waals surface area contributed by atoms with Crippen LogP contribution in [-0.2, 0) is 29.5 Å². The van der Waals surface area contributed by atoms with Crippen molar-refractivity contribution in [2.75, 3.05) is 52.0 Å². The zero-order chi connectivity index (χ0) is 27.8. The molecule has 37 heavy (non-hydrogen) atoms. The highest BCUT2D eigenvalue weighted by Crippen LogP contribution is 2.47. The number of rotatable bonds is 17. The van der Waals surface area contributed by atoms with Crippen LogP contribution in [-0.4, -0.2) is 86.2 Å². The van der Waals surface area contributed by atoms with E-state index in [4.69, 9.17) is 23.6 Å². The van der Waals surface area contributed by atoms with E-state index < -0.39 is 21.5 Å². The summed E-state index contributed by atoms with van der Waals surface area (Å²) < 4.78 is 42.0. The summed E-state index contributed by atoms with van der Waals surface area (Å²) >= 11 is 0. The van der Waals surface area contributed by atoms with Gasteiger partial charge in [0.1, 0.15) is 18.0 Å². The van der Waals surface area contributed by atoms with Crippen molar-refractivity contribution >= 4 is 26.4 Å². The molecule has 0 fully saturated rings. The van der Waals surface area contributed by atoms with Crippen molar-refractivity contribution in [3.8, 4) is 0 Å². The first-order valence-corrected chi connectivity index (χ1v) is 16.1. The Labute approximate surface area is 217 Å². The Hall–Kier alpha value is -1.43. The van der Waals surface area contributed by atoms with E-state index in [0.717, 1.165) is 5.82 Å². The van der Waals surface area contributed by atoms with E-state index in [2.05, 4.69) is 15.0 Å². The highest BCUT2D eigenvalue weighted by molar-refractivity contribution is 7.53. The lowest BCUT2D eigenvalue weighted by Crippen LogP contribution is -2.34. The third kappa shape index (κ3) is 9.67. The average Bonchev–Trinajstić information content (AvgIpc) is 3.17. The number of aromatic nitrogens is 4. The van der Waals surface area contributed by atoms with E-state index in [1.165, 1.54) is 0 Å². The Morgan fingerprint density at radius 1 is 1.00 bits per heavy atom. The second kappa shape index (κ2) is 14.1. The van der Waals surface area contributed by atoms with Gasteiger partial charge in [0.2, 0.25) is 0 Å². The van der Waals surface area contributed by atoms with E-state index in [1.54, 1.807) is 13.8 Å². The van der Waals surface area contributed by atoms with Crippen molar-refractivity contribution in [2.24, 2.45) is 0 Å². The van der Waals surface area contributed by atoms with Gasteiger partial charge in [-0.25, -0.2) is 9.97 Å². The predicted octanol–water partition coefficient (Wildman–Crippen LogP) is 3.09. The number of H-pyrrole nitrogens is 1. The lowest BCUT2D eigenvalue weighted by atomic mass is 10.2. The Bertz CT molecular complexity index is 1150. The van der Waals surface area contributed by atoms with Crippen LogP contribution in [0.4, 0.5) is 0 Å². The first-order chi connectivity index (χ1) is 17.3. The first-order valence-electron chi connectivity index (χ1n) is 12.5. The van der Waals surface area contributed by atoms with Crippen LogP contribution in [0.5, 0.6) is 0 Å². The molecule has 0 aromatic carbocycles. The summed E-state index contributed by atoms with van der Waals surface area (Å²) in [5, 5.41) is 0. The van der Waals surface area contributed by atoms with Crippen molar-refractivity contribution in [3.05, 3.63) is 22.0 Å². The minimum Gasteiger partial charge on any atom is -0.367 e. The Kier molecular flexibility index (Phi) is 12.1. The van der Waals surface area contributed by atoms with Gasteiger partial charge in [-0.15, -0.1) is 0 Å². The van der Waals surface area contributed by atoms with Gasteiger partial charge in [-0.05, 0) is 13.8 Å². The molecule has 0 saturated heterocycles. The van der Waals surface area contributed by atoms with Gasteiger partial charge in [0.15, 0.2) is 11.2 Å². The maximum absolute atomic E-state index is 13.0. The first kappa shape index (κ1) is 31.8. The lowest BCUT2D eigenvalue weighted by Gasteiger charge is -2.25. The minimum atomic E-state index is -4.28. The molecule has 0 radical (unpaired) electrons. The van der Waals surface area contributed by atoms with Crippen molar-refractivity contribution in [1.29, 1.82) is 0 Å². The minimum absolute atomic E-state index is 0.0249. The predicted molar refractivity (Wildman–Crippen MR) is 141 cm³/mol. The van der Waals surface area contributed by atoms with Gasteiger partial charge < -0.3 is 33.1 Å². The number of nitrogens with zero attached hydrogens (tertiary/aromatic N) is 4. The van der Waals surface area contributed by atoms with E-state index in [9.17, 15) is 13.9 Å². The number of imidazole rings is 1. The third-order valence-electron chi connectivity index (χ3n) is 5.51. The highest BCUT2D eigenvalue weighted by atomic mass is 31.2. The lowest BCUT2D eigenvalue weighted by molar-refractivity contribution is 0.121. The van der Waals surface area contributed by atoms with Crippen LogP contribution >= 0.6 is 15.2 Å². The fourth-order valence-electron chi connectivity index (χ4n) is 3.76. The van der Waals surface area contributed by atoms with Crippen LogP contribution in [0.1, 0.15) is 65.0 Å². The van der Waals surface area contributed by atoms with Crippen molar-refractivity contribution in [1.82, 2.24) is 24.4 Å². The summed E-state index contributed by atoms with van der Waals surface area (Å²) in [6, 6.07) is 0. The van der Waals surface area contributed by atoms with Gasteiger partial charge in [-0.2, -0.15) is 0 Å². The van der Waals surface area contributed by atoms with Crippen LogP contribution < -0.4 is 5.56 Å². The Morgan fingerprint density at radius 3 is 2.19 bits per heavy atom. The van der Waals surface area contributed by atoms with Crippen molar-refractivity contribution < 1.29 is 32.7 Å². The maximum atomic E-state index is 13.0. The van der Waals surface area contributed by atoms with Crippen LogP contribution in [0.15, 0.2) is 4.79 Å². The monoisotopic (exact) mass is 565 g/mol. The number of fused-ring (bicyclic) bond motifs is 1. The zero-order valence-corrected chi connectivity index (χ0v) is 24.3. The van der Waals surface area contributed by atoms with Crippen LogP contribution in [0, 0.1) is 0 Å². The molecule has 2 aromatic rings. The Morgan fingerprint density at radius 2 is 1.65 bits per heavy atom. The molecule has 0 unspecified atom stereocenters. The molecular formula is C22H41N5O8P2. The topological polar surface area (TPSA) is 169 Å². The normalized spacial score (nSPS) is 13.1. The standard InChI is InChI=1S/C22H41N5O8P2/c1-7-34-37(32,35-8-2)14-12-26(11-13-33-15-36(29,30)31)9-10-27-20(17(5)6)23-18-21(27)24-19(16(3)4)25-22(18)28/h16-17H,7-15H2,1-6H3,(H,24,25,28)(H2,29,30,31). The summed E-state index contributed by atoms with van der Waals surface area (Å²) in [5.41, 5.74) is 0.497. The van der Waals surface area contributed by atoms with Crippen molar-refractivity contribution in [2.45, 2.75) is 59.9 Å². The molecule has 0 aliphatic carbocycles. The molecule has 0 saturated carbocycles. The number of nitrogens with one attached hydrogen (secondary N) is 1. The number of hydrogen-bond donors (Lipinski definition) is 3. The van der Waals surface area contributed by atoms with Gasteiger partial charge in [-0.1, -0.05) is 27.7 Å². The largest absolute Gasteiger partial charge is 0.367 e. The molecule has 0 atom stereocenters. The Balaban J connectivity index is 2.29.